The number of rotatable bonds is 1. The van der Waals surface area contributed by atoms with Crippen molar-refractivity contribution in [3.05, 3.63) is 18.7 Å². The fourth-order valence-electron chi connectivity index (χ4n) is 0.701. The summed E-state index contributed by atoms with van der Waals surface area (Å²) in [4.78, 5) is 0. The molecule has 6 nitrogen and oxygen atoms in total. The highest BCUT2D eigenvalue weighted by Gasteiger charge is 1.93. The van der Waals surface area contributed by atoms with Gasteiger partial charge in [-0.15, -0.1) is 6.42 Å². The number of hydrogen-bond acceptors (Lipinski definition) is 4. The monoisotopic (exact) mass is 205 g/mol. The van der Waals surface area contributed by atoms with Gasteiger partial charge in [0.05, 0.1) is 7.05 Å². The van der Waals surface area contributed by atoms with Crippen molar-refractivity contribution >= 4 is 0 Å². The number of imidazole rings is 1. The lowest BCUT2D eigenvalue weighted by molar-refractivity contribution is -0.671. The van der Waals surface area contributed by atoms with Crippen molar-refractivity contribution in [1.82, 2.24) is 4.57 Å². The first-order valence-electron chi connectivity index (χ1n) is 3.80. The Morgan fingerprint density at radius 3 is 2.13 bits per heavy atom. The van der Waals surface area contributed by atoms with Crippen LogP contribution in [0.3, 0.4) is 0 Å². The minimum Gasteiger partial charge on any atom is -0.337 e. The molecule has 0 saturated carbocycles. The Morgan fingerprint density at radius 1 is 1.40 bits per heavy atom. The largest absolute Gasteiger partial charge is 0.337 e. The van der Waals surface area contributed by atoms with Crippen LogP contribution in [0.15, 0.2) is 18.7 Å². The summed E-state index contributed by atoms with van der Waals surface area (Å²) in [5.41, 5.74) is 8.31. The molecule has 0 aromatic carbocycles. The van der Waals surface area contributed by atoms with Gasteiger partial charge in [0.25, 0.3) is 0 Å². The van der Waals surface area contributed by atoms with Crippen molar-refractivity contribution in [2.75, 3.05) is 0 Å². The fourth-order valence-corrected chi connectivity index (χ4v) is 0.701. The van der Waals surface area contributed by atoms with E-state index >= 15 is 0 Å². The zero-order valence-corrected chi connectivity index (χ0v) is 8.46. The first-order valence-corrected chi connectivity index (χ1v) is 3.80. The van der Waals surface area contributed by atoms with E-state index in [4.69, 9.17) is 16.9 Å². The molecule has 0 aliphatic rings. The van der Waals surface area contributed by atoms with Crippen molar-refractivity contribution in [1.29, 1.82) is 10.5 Å². The number of nitriles is 2. The molecule has 0 amide bonds. The maximum atomic E-state index is 7.10. The Hall–Kier alpha value is -2.65. The van der Waals surface area contributed by atoms with Crippen LogP contribution in [-0.4, -0.2) is 4.57 Å². The van der Waals surface area contributed by atoms with Crippen LogP contribution in [0, 0.1) is 35.3 Å². The molecule has 0 radical (unpaired) electrons. The molecular weight excluding hydrogens is 192 g/mol. The zero-order chi connectivity index (χ0) is 12.1. The Labute approximate surface area is 88.9 Å². The molecule has 4 N–H and O–H groups in total. The van der Waals surface area contributed by atoms with E-state index in [0.29, 0.717) is 6.54 Å². The van der Waals surface area contributed by atoms with Gasteiger partial charge in [-0.1, -0.05) is 5.92 Å². The van der Waals surface area contributed by atoms with Crippen molar-refractivity contribution in [3.8, 4) is 24.7 Å². The smallest absolute Gasteiger partial charge is 0.244 e. The third kappa shape index (κ3) is 11.3. The molecule has 1 rings (SSSR count). The average Bonchev–Trinajstić information content (AvgIpc) is 2.55. The second-order valence-corrected chi connectivity index (χ2v) is 2.21. The maximum absolute atomic E-state index is 7.10. The molecule has 0 aliphatic heterocycles. The normalized spacial score (nSPS) is 6.27. The molecule has 0 saturated heterocycles. The lowest BCUT2D eigenvalue weighted by Crippen LogP contribution is -2.23. The van der Waals surface area contributed by atoms with Crippen molar-refractivity contribution < 1.29 is 4.57 Å². The van der Waals surface area contributed by atoms with E-state index in [1.165, 1.54) is 12.4 Å². The number of nitrogens with two attached hydrogens (primary N) is 2. The quantitative estimate of drug-likeness (QED) is 0.260. The van der Waals surface area contributed by atoms with Crippen LogP contribution in [0.2, 0.25) is 0 Å². The van der Waals surface area contributed by atoms with E-state index < -0.39 is 0 Å². The van der Waals surface area contributed by atoms with Gasteiger partial charge < -0.3 is 11.5 Å². The highest BCUT2D eigenvalue weighted by Crippen LogP contribution is 1.79. The molecule has 0 bridgehead atoms. The van der Waals surface area contributed by atoms with Crippen LogP contribution in [-0.2, 0) is 13.6 Å². The predicted molar refractivity (Wildman–Crippen MR) is 54.0 cm³/mol. The first kappa shape index (κ1) is 14.9. The topological polar surface area (TPSA) is 108 Å². The van der Waals surface area contributed by atoms with E-state index in [1.54, 1.807) is 0 Å². The van der Waals surface area contributed by atoms with Gasteiger partial charge in [-0.3, -0.25) is 0 Å². The lowest BCUT2D eigenvalue weighted by Gasteiger charge is -1.81. The van der Waals surface area contributed by atoms with Crippen molar-refractivity contribution in [2.45, 2.75) is 6.54 Å². The van der Waals surface area contributed by atoms with Gasteiger partial charge in [0, 0.05) is 0 Å². The average molecular weight is 205 g/mol. The summed E-state index contributed by atoms with van der Waals surface area (Å²) >= 11 is 0. The molecule has 15 heavy (non-hydrogen) atoms. The SMILES string of the molecule is C#CCn1cc[n+](C)c1.N#CN.N#CN. The summed E-state index contributed by atoms with van der Waals surface area (Å²) in [6.45, 7) is 0.654. The number of aryl methyl sites for hydroxylation is 1. The van der Waals surface area contributed by atoms with E-state index in [-0.39, 0.29) is 0 Å². The zero-order valence-electron chi connectivity index (χ0n) is 8.46. The van der Waals surface area contributed by atoms with E-state index in [0.717, 1.165) is 0 Å². The molecule has 78 valence electrons. The molecule has 0 unspecified atom stereocenters. The van der Waals surface area contributed by atoms with Crippen LogP contribution in [0.5, 0.6) is 0 Å². The molecule has 6 heteroatoms. The molecule has 1 aromatic rings. The van der Waals surface area contributed by atoms with Gasteiger partial charge in [0.1, 0.15) is 12.4 Å². The van der Waals surface area contributed by atoms with E-state index in [1.807, 2.05) is 34.9 Å². The van der Waals surface area contributed by atoms with Crippen LogP contribution in [0.25, 0.3) is 0 Å². The van der Waals surface area contributed by atoms with Crippen LogP contribution >= 0.6 is 0 Å². The molecule has 0 atom stereocenters. The summed E-state index contributed by atoms with van der Waals surface area (Å²) < 4.78 is 3.90. The highest BCUT2D eigenvalue weighted by atomic mass is 15.1. The van der Waals surface area contributed by atoms with Gasteiger partial charge in [-0.2, -0.15) is 10.5 Å². The number of aromatic nitrogens is 2. The molecular formula is C9H13N6+. The Balaban J connectivity index is 0. The highest BCUT2D eigenvalue weighted by molar-refractivity contribution is 4.85. The van der Waals surface area contributed by atoms with Crippen molar-refractivity contribution in [2.24, 2.45) is 18.5 Å². The van der Waals surface area contributed by atoms with Crippen LogP contribution in [0.4, 0.5) is 0 Å². The standard InChI is InChI=1S/C7H9N2.2CH2N2/c1-3-4-9-6-5-8(2)7-9;2*2-1-3/h1,5-7H,4H2,2H3;2*2H2/q+1;;. The van der Waals surface area contributed by atoms with Gasteiger partial charge in [0.2, 0.25) is 6.33 Å². The van der Waals surface area contributed by atoms with Gasteiger partial charge >= 0.3 is 0 Å². The minimum absolute atomic E-state index is 0.654. The number of terminal acetylenes is 1. The molecule has 0 fully saturated rings. The first-order chi connectivity index (χ1) is 7.15. The summed E-state index contributed by atoms with van der Waals surface area (Å²) in [5.74, 6) is 2.55. The second kappa shape index (κ2) is 11.4. The van der Waals surface area contributed by atoms with Crippen LogP contribution in [0.1, 0.15) is 0 Å². The Kier molecular flexibility index (Phi) is 11.2. The summed E-state index contributed by atoms with van der Waals surface area (Å²) in [7, 11) is 1.97. The fraction of sp³-hybridized carbons (Fsp3) is 0.222. The van der Waals surface area contributed by atoms with Gasteiger partial charge in [0.15, 0.2) is 18.9 Å². The lowest BCUT2D eigenvalue weighted by atomic mass is 10.6. The van der Waals surface area contributed by atoms with Crippen LogP contribution < -0.4 is 16.0 Å². The molecule has 0 aliphatic carbocycles. The van der Waals surface area contributed by atoms with Gasteiger partial charge in [-0.05, 0) is 0 Å². The Morgan fingerprint density at radius 2 is 1.87 bits per heavy atom. The number of hydrogen-bond donors (Lipinski definition) is 2. The third-order valence-electron chi connectivity index (χ3n) is 1.10. The van der Waals surface area contributed by atoms with E-state index in [9.17, 15) is 0 Å². The molecule has 1 aromatic heterocycles. The Bertz CT molecular complexity index is 361. The predicted octanol–water partition coefficient (Wildman–Crippen LogP) is -1.20. The summed E-state index contributed by atoms with van der Waals surface area (Å²) in [6.07, 6.45) is 13.4. The molecule has 0 spiro atoms. The number of nitrogens with zero attached hydrogens (tertiary/aromatic N) is 4. The summed E-state index contributed by atoms with van der Waals surface area (Å²) in [6, 6.07) is 0. The minimum atomic E-state index is 0.654. The second-order valence-electron chi connectivity index (χ2n) is 2.21. The van der Waals surface area contributed by atoms with Crippen molar-refractivity contribution in [3.63, 3.8) is 0 Å². The molecule has 1 heterocycles. The summed E-state index contributed by atoms with van der Waals surface area (Å²) in [5, 5.41) is 14.2. The van der Waals surface area contributed by atoms with E-state index in [2.05, 4.69) is 17.4 Å². The maximum Gasteiger partial charge on any atom is 0.244 e. The third-order valence-corrected chi connectivity index (χ3v) is 1.10. The van der Waals surface area contributed by atoms with Gasteiger partial charge in [-0.25, -0.2) is 9.13 Å².